The van der Waals surface area contributed by atoms with Gasteiger partial charge in [-0.3, -0.25) is 4.79 Å². The van der Waals surface area contributed by atoms with Crippen molar-refractivity contribution in [3.8, 4) is 0 Å². The molecular weight excluding hydrogens is 264 g/mol. The number of unbranched alkanes of at least 4 members (excludes halogenated alkanes) is 1. The number of ether oxygens (including phenoxy) is 1. The molecule has 1 aromatic rings. The Labute approximate surface area is 119 Å². The third-order valence-corrected chi connectivity index (χ3v) is 2.79. The molecule has 1 rings (SSSR count). The van der Waals surface area contributed by atoms with Gasteiger partial charge in [-0.15, -0.1) is 0 Å². The summed E-state index contributed by atoms with van der Waals surface area (Å²) in [5, 5.41) is 3.28. The highest BCUT2D eigenvalue weighted by Gasteiger charge is 2.06. The second kappa shape index (κ2) is 8.77. The zero-order valence-electron chi connectivity index (χ0n) is 11.2. The van der Waals surface area contributed by atoms with E-state index in [1.807, 2.05) is 0 Å². The van der Waals surface area contributed by atoms with Crippen molar-refractivity contribution in [3.63, 3.8) is 0 Å². The normalized spacial score (nSPS) is 10.4. The first kappa shape index (κ1) is 15.8. The van der Waals surface area contributed by atoms with Crippen molar-refractivity contribution in [2.75, 3.05) is 25.5 Å². The molecule has 0 spiro atoms. The summed E-state index contributed by atoms with van der Waals surface area (Å²) in [6, 6.07) is 4.82. The van der Waals surface area contributed by atoms with E-state index in [1.165, 1.54) is 0 Å². The maximum absolute atomic E-state index is 11.8. The van der Waals surface area contributed by atoms with Gasteiger partial charge in [-0.05, 0) is 31.0 Å². The molecule has 0 atom stereocenters. The number of halogens is 1. The predicted molar refractivity (Wildman–Crippen MR) is 78.5 cm³/mol. The molecule has 0 saturated heterocycles. The zero-order chi connectivity index (χ0) is 14.1. The van der Waals surface area contributed by atoms with E-state index < -0.39 is 0 Å². The highest BCUT2D eigenvalue weighted by Crippen LogP contribution is 2.16. The van der Waals surface area contributed by atoms with Crippen LogP contribution in [0.4, 0.5) is 5.69 Å². The van der Waals surface area contributed by atoms with E-state index in [2.05, 4.69) is 12.2 Å². The summed E-state index contributed by atoms with van der Waals surface area (Å²) in [6.45, 7) is 4.16. The summed E-state index contributed by atoms with van der Waals surface area (Å²) in [5.41, 5.74) is 6.61. The summed E-state index contributed by atoms with van der Waals surface area (Å²) in [6.07, 6.45) is 3.01. The number of carbonyl (C=O) groups is 1. The lowest BCUT2D eigenvalue weighted by molar-refractivity contribution is 0.0940. The first-order chi connectivity index (χ1) is 9.13. The van der Waals surface area contributed by atoms with E-state index in [0.717, 1.165) is 25.9 Å². The molecule has 0 aliphatic heterocycles. The van der Waals surface area contributed by atoms with Crippen molar-refractivity contribution >= 4 is 23.2 Å². The molecule has 0 aliphatic rings. The van der Waals surface area contributed by atoms with Crippen LogP contribution in [0.3, 0.4) is 0 Å². The molecule has 0 saturated carbocycles. The van der Waals surface area contributed by atoms with E-state index in [0.29, 0.717) is 29.4 Å². The van der Waals surface area contributed by atoms with Gasteiger partial charge < -0.3 is 15.8 Å². The fourth-order valence-corrected chi connectivity index (χ4v) is 1.81. The number of nitrogens with two attached hydrogens (primary N) is 1. The first-order valence-corrected chi connectivity index (χ1v) is 6.93. The molecule has 106 valence electrons. The van der Waals surface area contributed by atoms with Crippen LogP contribution in [-0.4, -0.2) is 25.7 Å². The Bertz CT molecular complexity index is 390. The number of hydrogen-bond acceptors (Lipinski definition) is 3. The van der Waals surface area contributed by atoms with E-state index in [1.54, 1.807) is 18.2 Å². The van der Waals surface area contributed by atoms with Gasteiger partial charge in [0, 0.05) is 36.0 Å². The average molecular weight is 285 g/mol. The molecule has 3 N–H and O–H groups in total. The number of carbonyl (C=O) groups excluding carboxylic acids is 1. The summed E-state index contributed by atoms with van der Waals surface area (Å²) >= 11 is 5.85. The SMILES string of the molecule is CCCCOCCCNC(=O)c1cc(N)cc(Cl)c1. The number of benzene rings is 1. The van der Waals surface area contributed by atoms with Gasteiger partial charge in [-0.2, -0.15) is 0 Å². The minimum absolute atomic E-state index is 0.164. The maximum Gasteiger partial charge on any atom is 0.251 e. The molecule has 0 fully saturated rings. The molecule has 5 heteroatoms. The van der Waals surface area contributed by atoms with Crippen molar-refractivity contribution < 1.29 is 9.53 Å². The maximum atomic E-state index is 11.8. The number of nitrogen functional groups attached to an aromatic ring is 1. The lowest BCUT2D eigenvalue weighted by Crippen LogP contribution is -2.25. The van der Waals surface area contributed by atoms with Crippen LogP contribution < -0.4 is 11.1 Å². The zero-order valence-corrected chi connectivity index (χ0v) is 12.0. The van der Waals surface area contributed by atoms with E-state index in [9.17, 15) is 4.79 Å². The van der Waals surface area contributed by atoms with Gasteiger partial charge >= 0.3 is 0 Å². The highest BCUT2D eigenvalue weighted by molar-refractivity contribution is 6.31. The number of hydrogen-bond donors (Lipinski definition) is 2. The molecule has 0 aliphatic carbocycles. The fraction of sp³-hybridized carbons (Fsp3) is 0.500. The minimum Gasteiger partial charge on any atom is -0.399 e. The standard InChI is InChI=1S/C14H21ClN2O2/c1-2-3-6-19-7-4-5-17-14(18)11-8-12(15)10-13(16)9-11/h8-10H,2-7,16H2,1H3,(H,17,18). The number of rotatable bonds is 8. The Balaban J connectivity index is 2.24. The smallest absolute Gasteiger partial charge is 0.251 e. The molecule has 0 aromatic heterocycles. The molecule has 0 radical (unpaired) electrons. The molecule has 0 unspecified atom stereocenters. The van der Waals surface area contributed by atoms with Crippen LogP contribution >= 0.6 is 11.6 Å². The molecule has 1 amide bonds. The van der Waals surface area contributed by atoms with Gasteiger partial charge in [0.1, 0.15) is 0 Å². The number of anilines is 1. The average Bonchev–Trinajstić information content (AvgIpc) is 2.36. The van der Waals surface area contributed by atoms with Crippen molar-refractivity contribution in [2.45, 2.75) is 26.2 Å². The van der Waals surface area contributed by atoms with E-state index >= 15 is 0 Å². The largest absolute Gasteiger partial charge is 0.399 e. The topological polar surface area (TPSA) is 64.3 Å². The monoisotopic (exact) mass is 284 g/mol. The van der Waals surface area contributed by atoms with Crippen LogP contribution in [0.5, 0.6) is 0 Å². The fourth-order valence-electron chi connectivity index (χ4n) is 1.57. The molecule has 19 heavy (non-hydrogen) atoms. The Kier molecular flexibility index (Phi) is 7.30. The second-order valence-electron chi connectivity index (χ2n) is 4.35. The number of amides is 1. The first-order valence-electron chi connectivity index (χ1n) is 6.55. The van der Waals surface area contributed by atoms with Gasteiger partial charge in [0.25, 0.3) is 5.91 Å². The van der Waals surface area contributed by atoms with Gasteiger partial charge in [0.2, 0.25) is 0 Å². The van der Waals surface area contributed by atoms with Gasteiger partial charge in [0.15, 0.2) is 0 Å². The lowest BCUT2D eigenvalue weighted by atomic mass is 10.2. The summed E-state index contributed by atoms with van der Waals surface area (Å²) in [5.74, 6) is -0.164. The van der Waals surface area contributed by atoms with Crippen molar-refractivity contribution in [1.82, 2.24) is 5.32 Å². The van der Waals surface area contributed by atoms with E-state index in [4.69, 9.17) is 22.1 Å². The molecule has 0 heterocycles. The van der Waals surface area contributed by atoms with E-state index in [-0.39, 0.29) is 5.91 Å². The summed E-state index contributed by atoms with van der Waals surface area (Å²) in [7, 11) is 0. The van der Waals surface area contributed by atoms with Gasteiger partial charge in [0.05, 0.1) is 0 Å². The van der Waals surface area contributed by atoms with Crippen LogP contribution in [0.1, 0.15) is 36.5 Å². The second-order valence-corrected chi connectivity index (χ2v) is 4.79. The third kappa shape index (κ3) is 6.45. The summed E-state index contributed by atoms with van der Waals surface area (Å²) < 4.78 is 5.41. The Morgan fingerprint density at radius 1 is 1.32 bits per heavy atom. The van der Waals surface area contributed by atoms with Crippen LogP contribution in [-0.2, 0) is 4.74 Å². The van der Waals surface area contributed by atoms with Crippen molar-refractivity contribution in [3.05, 3.63) is 28.8 Å². The van der Waals surface area contributed by atoms with Crippen LogP contribution in [0, 0.1) is 0 Å². The molecule has 4 nitrogen and oxygen atoms in total. The Hall–Kier alpha value is -1.26. The van der Waals surface area contributed by atoms with Crippen LogP contribution in [0.2, 0.25) is 5.02 Å². The Morgan fingerprint density at radius 2 is 2.05 bits per heavy atom. The van der Waals surface area contributed by atoms with Gasteiger partial charge in [-0.1, -0.05) is 24.9 Å². The highest BCUT2D eigenvalue weighted by atomic mass is 35.5. The minimum atomic E-state index is -0.164. The molecular formula is C14H21ClN2O2. The van der Waals surface area contributed by atoms with Crippen LogP contribution in [0.25, 0.3) is 0 Å². The third-order valence-electron chi connectivity index (χ3n) is 2.58. The molecule has 0 bridgehead atoms. The number of nitrogens with one attached hydrogen (secondary N) is 1. The van der Waals surface area contributed by atoms with Crippen molar-refractivity contribution in [1.29, 1.82) is 0 Å². The predicted octanol–water partition coefficient (Wildman–Crippen LogP) is 2.86. The Morgan fingerprint density at radius 3 is 2.74 bits per heavy atom. The quantitative estimate of drug-likeness (QED) is 0.570. The van der Waals surface area contributed by atoms with Crippen LogP contribution in [0.15, 0.2) is 18.2 Å². The van der Waals surface area contributed by atoms with Gasteiger partial charge in [-0.25, -0.2) is 0 Å². The van der Waals surface area contributed by atoms with Crippen molar-refractivity contribution in [2.24, 2.45) is 0 Å². The lowest BCUT2D eigenvalue weighted by Gasteiger charge is -2.07. The molecule has 1 aromatic carbocycles. The summed E-state index contributed by atoms with van der Waals surface area (Å²) in [4.78, 5) is 11.8.